The molecule has 1 N–H and O–H groups in total. The lowest BCUT2D eigenvalue weighted by atomic mass is 10.2. The van der Waals surface area contributed by atoms with Crippen molar-refractivity contribution in [3.05, 3.63) is 39.9 Å². The van der Waals surface area contributed by atoms with Gasteiger partial charge in [0.25, 0.3) is 5.69 Å². The monoisotopic (exact) mass is 254 g/mol. The molecule has 90 valence electrons. The molecule has 0 unspecified atom stereocenters. The predicted octanol–water partition coefficient (Wildman–Crippen LogP) is 1.44. The summed E-state index contributed by atoms with van der Waals surface area (Å²) in [6, 6.07) is 5.90. The average Bonchev–Trinajstić information content (AvgIpc) is 2.28. The standard InChI is InChI=1S/C10H10N2O4S/c13-10(14)6-11(7-17)5-8-1-3-9(4-2-8)12(15)16/h1-4,7H,5-6H2,(H,13,14). The third-order valence-electron chi connectivity index (χ3n) is 2.02. The lowest BCUT2D eigenvalue weighted by molar-refractivity contribution is -0.384. The van der Waals surface area contributed by atoms with E-state index in [-0.39, 0.29) is 12.2 Å². The number of hydrogen-bond donors (Lipinski definition) is 1. The van der Waals surface area contributed by atoms with Crippen molar-refractivity contribution >= 4 is 29.4 Å². The maximum Gasteiger partial charge on any atom is 0.323 e. The summed E-state index contributed by atoms with van der Waals surface area (Å²) in [5.74, 6) is -0.979. The van der Waals surface area contributed by atoms with Gasteiger partial charge in [0.2, 0.25) is 0 Å². The van der Waals surface area contributed by atoms with Crippen LogP contribution in [0.4, 0.5) is 5.69 Å². The summed E-state index contributed by atoms with van der Waals surface area (Å²) in [6.07, 6.45) is 0. The van der Waals surface area contributed by atoms with Crippen molar-refractivity contribution in [1.82, 2.24) is 4.90 Å². The second-order valence-electron chi connectivity index (χ2n) is 3.33. The summed E-state index contributed by atoms with van der Waals surface area (Å²) in [5, 5.41) is 19.0. The molecule has 0 aliphatic heterocycles. The average molecular weight is 254 g/mol. The third kappa shape index (κ3) is 4.15. The van der Waals surface area contributed by atoms with Crippen LogP contribution in [-0.2, 0) is 11.3 Å². The van der Waals surface area contributed by atoms with Crippen LogP contribution in [0.1, 0.15) is 5.56 Å². The predicted molar refractivity (Wildman–Crippen MR) is 64.8 cm³/mol. The second-order valence-corrected chi connectivity index (χ2v) is 3.54. The normalized spacial score (nSPS) is 9.65. The zero-order valence-corrected chi connectivity index (χ0v) is 9.59. The van der Waals surface area contributed by atoms with Crippen molar-refractivity contribution in [3.8, 4) is 0 Å². The Morgan fingerprint density at radius 3 is 2.47 bits per heavy atom. The zero-order valence-electron chi connectivity index (χ0n) is 8.78. The number of benzene rings is 1. The van der Waals surface area contributed by atoms with Gasteiger partial charge in [0.15, 0.2) is 0 Å². The largest absolute Gasteiger partial charge is 0.480 e. The van der Waals surface area contributed by atoms with E-state index in [1.54, 1.807) is 12.1 Å². The summed E-state index contributed by atoms with van der Waals surface area (Å²) in [4.78, 5) is 21.9. The molecule has 1 rings (SSSR count). The van der Waals surface area contributed by atoms with Crippen molar-refractivity contribution in [2.75, 3.05) is 6.54 Å². The highest BCUT2D eigenvalue weighted by molar-refractivity contribution is 7.78. The minimum atomic E-state index is -0.979. The van der Waals surface area contributed by atoms with Crippen LogP contribution in [0.15, 0.2) is 24.3 Å². The van der Waals surface area contributed by atoms with E-state index in [1.165, 1.54) is 22.5 Å². The lowest BCUT2D eigenvalue weighted by Gasteiger charge is -2.16. The molecule has 17 heavy (non-hydrogen) atoms. The van der Waals surface area contributed by atoms with E-state index in [0.29, 0.717) is 6.54 Å². The Morgan fingerprint density at radius 2 is 2.06 bits per heavy atom. The Balaban J connectivity index is 2.70. The second kappa shape index (κ2) is 5.90. The molecule has 0 aromatic heterocycles. The van der Waals surface area contributed by atoms with Crippen LogP contribution in [0.3, 0.4) is 0 Å². The van der Waals surface area contributed by atoms with Crippen LogP contribution >= 0.6 is 12.2 Å². The molecular weight excluding hydrogens is 244 g/mol. The first-order chi connectivity index (χ1) is 8.02. The molecule has 0 saturated heterocycles. The molecule has 7 heteroatoms. The smallest absolute Gasteiger partial charge is 0.323 e. The molecule has 0 heterocycles. The number of carbonyl (C=O) groups is 1. The van der Waals surface area contributed by atoms with E-state index in [0.717, 1.165) is 5.56 Å². The molecule has 0 fully saturated rings. The van der Waals surface area contributed by atoms with E-state index in [4.69, 9.17) is 5.11 Å². The zero-order chi connectivity index (χ0) is 12.8. The fourth-order valence-electron chi connectivity index (χ4n) is 1.26. The minimum Gasteiger partial charge on any atom is -0.480 e. The van der Waals surface area contributed by atoms with Crippen LogP contribution in [0, 0.1) is 10.1 Å². The molecule has 0 amide bonds. The van der Waals surface area contributed by atoms with E-state index in [9.17, 15) is 14.9 Å². The van der Waals surface area contributed by atoms with E-state index >= 15 is 0 Å². The van der Waals surface area contributed by atoms with Gasteiger partial charge in [0, 0.05) is 18.7 Å². The molecule has 0 bridgehead atoms. The van der Waals surface area contributed by atoms with Crippen LogP contribution < -0.4 is 0 Å². The summed E-state index contributed by atoms with van der Waals surface area (Å²) < 4.78 is 0. The van der Waals surface area contributed by atoms with Crippen LogP contribution in [0.2, 0.25) is 0 Å². The number of non-ortho nitro benzene ring substituents is 1. The Kier molecular flexibility index (Phi) is 4.53. The summed E-state index contributed by atoms with van der Waals surface area (Å²) in [5.41, 5.74) is 2.02. The quantitative estimate of drug-likeness (QED) is 0.470. The van der Waals surface area contributed by atoms with Gasteiger partial charge in [-0.3, -0.25) is 14.9 Å². The Hall–Kier alpha value is -2.02. The van der Waals surface area contributed by atoms with Gasteiger partial charge >= 0.3 is 5.97 Å². The van der Waals surface area contributed by atoms with E-state index in [1.807, 2.05) is 0 Å². The topological polar surface area (TPSA) is 83.7 Å². The molecular formula is C10H10N2O4S. The highest BCUT2D eigenvalue weighted by Gasteiger charge is 2.08. The molecule has 1 aromatic rings. The van der Waals surface area contributed by atoms with Crippen LogP contribution in [0.25, 0.3) is 0 Å². The van der Waals surface area contributed by atoms with Crippen molar-refractivity contribution in [2.24, 2.45) is 0 Å². The number of rotatable bonds is 6. The van der Waals surface area contributed by atoms with Crippen molar-refractivity contribution < 1.29 is 14.8 Å². The van der Waals surface area contributed by atoms with Gasteiger partial charge in [-0.15, -0.1) is 0 Å². The fourth-order valence-corrected chi connectivity index (χ4v) is 1.41. The number of thiocarbonyl (C=S) groups is 1. The molecule has 0 saturated carbocycles. The molecule has 0 radical (unpaired) electrons. The molecule has 1 aromatic carbocycles. The number of nitrogens with zero attached hydrogens (tertiary/aromatic N) is 2. The molecule has 0 atom stereocenters. The van der Waals surface area contributed by atoms with Gasteiger partial charge in [-0.1, -0.05) is 24.4 Å². The SMILES string of the molecule is O=C(O)CN(C=S)Cc1ccc([N+](=O)[O-])cc1. The number of aliphatic carboxylic acids is 1. The molecule has 0 aliphatic rings. The number of nitro groups is 1. The summed E-state index contributed by atoms with van der Waals surface area (Å²) in [7, 11) is 0. The van der Waals surface area contributed by atoms with Gasteiger partial charge in [0.05, 0.1) is 10.4 Å². The number of nitro benzene ring substituents is 1. The van der Waals surface area contributed by atoms with Crippen molar-refractivity contribution in [2.45, 2.75) is 6.54 Å². The first-order valence-corrected chi connectivity index (χ1v) is 5.14. The summed E-state index contributed by atoms with van der Waals surface area (Å²) >= 11 is 4.69. The van der Waals surface area contributed by atoms with E-state index in [2.05, 4.69) is 12.2 Å². The highest BCUT2D eigenvalue weighted by atomic mass is 32.1. The Bertz CT molecular complexity index is 432. The molecule has 0 aliphatic carbocycles. The number of hydrogen-bond acceptors (Lipinski definition) is 4. The Morgan fingerprint density at radius 1 is 1.47 bits per heavy atom. The maximum absolute atomic E-state index is 10.5. The third-order valence-corrected chi connectivity index (χ3v) is 2.32. The number of carboxylic acid groups (broad SMARTS) is 1. The maximum atomic E-state index is 10.5. The first kappa shape index (κ1) is 13.0. The molecule has 6 nitrogen and oxygen atoms in total. The Labute approximate surface area is 103 Å². The van der Waals surface area contributed by atoms with Gasteiger partial charge in [-0.2, -0.15) is 0 Å². The van der Waals surface area contributed by atoms with Gasteiger partial charge in [-0.25, -0.2) is 0 Å². The van der Waals surface area contributed by atoms with Gasteiger partial charge < -0.3 is 10.0 Å². The van der Waals surface area contributed by atoms with Crippen molar-refractivity contribution in [1.29, 1.82) is 0 Å². The number of carboxylic acids is 1. The van der Waals surface area contributed by atoms with Gasteiger partial charge in [0.1, 0.15) is 6.54 Å². The molecule has 0 spiro atoms. The van der Waals surface area contributed by atoms with Crippen molar-refractivity contribution in [3.63, 3.8) is 0 Å². The lowest BCUT2D eigenvalue weighted by Crippen LogP contribution is -2.27. The highest BCUT2D eigenvalue weighted by Crippen LogP contribution is 2.13. The van der Waals surface area contributed by atoms with Crippen LogP contribution in [-0.4, -0.2) is 32.9 Å². The minimum absolute atomic E-state index is 0.000822. The van der Waals surface area contributed by atoms with E-state index < -0.39 is 10.9 Å². The first-order valence-electron chi connectivity index (χ1n) is 4.67. The summed E-state index contributed by atoms with van der Waals surface area (Å²) in [6.45, 7) is 0.119. The van der Waals surface area contributed by atoms with Crippen LogP contribution in [0.5, 0.6) is 0 Å². The van der Waals surface area contributed by atoms with Gasteiger partial charge in [-0.05, 0) is 5.56 Å². The fraction of sp³-hybridized carbons (Fsp3) is 0.200.